The summed E-state index contributed by atoms with van der Waals surface area (Å²) in [5.74, 6) is -1.17. The van der Waals surface area contributed by atoms with Crippen LogP contribution in [0.1, 0.15) is 10.4 Å². The van der Waals surface area contributed by atoms with Crippen LogP contribution >= 0.6 is 0 Å². The van der Waals surface area contributed by atoms with Crippen molar-refractivity contribution in [2.24, 2.45) is 0 Å². The second-order valence-corrected chi connectivity index (χ2v) is 3.90. The number of amides is 1. The molecule has 0 spiro atoms. The fraction of sp³-hybridized carbons (Fsp3) is 0.250. The van der Waals surface area contributed by atoms with Crippen molar-refractivity contribution in [3.05, 3.63) is 30.0 Å². The molecule has 0 aliphatic heterocycles. The monoisotopic (exact) mass is 263 g/mol. The highest BCUT2D eigenvalue weighted by atomic mass is 16.5. The molecule has 3 N–H and O–H groups in total. The molecule has 2 aromatic rings. The van der Waals surface area contributed by atoms with E-state index in [9.17, 15) is 9.59 Å². The summed E-state index contributed by atoms with van der Waals surface area (Å²) in [6, 6.07) is 3.89. The normalized spacial score (nSPS) is 12.1. The fourth-order valence-electron chi connectivity index (χ4n) is 1.64. The smallest absolute Gasteiger partial charge is 0.330 e. The number of hydrogen-bond donors (Lipinski definition) is 3. The molecule has 0 fully saturated rings. The number of hydrogen-bond acceptors (Lipinski definition) is 5. The number of H-pyrrole nitrogens is 1. The first-order valence-electron chi connectivity index (χ1n) is 5.58. The van der Waals surface area contributed by atoms with Crippen molar-refractivity contribution in [2.45, 2.75) is 6.04 Å². The Kier molecular flexibility index (Phi) is 3.76. The van der Waals surface area contributed by atoms with Gasteiger partial charge in [-0.1, -0.05) is 6.07 Å². The molecule has 1 atom stereocenters. The Bertz CT molecular complexity index is 608. The maximum absolute atomic E-state index is 11.9. The van der Waals surface area contributed by atoms with Gasteiger partial charge in [-0.2, -0.15) is 5.10 Å². The molecule has 0 saturated carbocycles. The highest BCUT2D eigenvalue weighted by Gasteiger charge is 2.21. The van der Waals surface area contributed by atoms with Gasteiger partial charge in [0.25, 0.3) is 5.91 Å². The van der Waals surface area contributed by atoms with Crippen LogP contribution in [0.15, 0.2) is 24.4 Å². The third kappa shape index (κ3) is 2.71. The number of benzene rings is 1. The van der Waals surface area contributed by atoms with Crippen LogP contribution in [0.5, 0.6) is 0 Å². The molecule has 7 nitrogen and oxygen atoms in total. The number of aliphatic hydroxyl groups is 1. The van der Waals surface area contributed by atoms with Crippen molar-refractivity contribution < 1.29 is 19.4 Å². The van der Waals surface area contributed by atoms with Crippen molar-refractivity contribution in [3.63, 3.8) is 0 Å². The minimum atomic E-state index is -1.07. The summed E-state index contributed by atoms with van der Waals surface area (Å²) >= 11 is 0. The summed E-state index contributed by atoms with van der Waals surface area (Å²) in [4.78, 5) is 23.2. The van der Waals surface area contributed by atoms with Crippen molar-refractivity contribution in [1.29, 1.82) is 0 Å². The van der Waals surface area contributed by atoms with Gasteiger partial charge in [-0.25, -0.2) is 4.79 Å². The van der Waals surface area contributed by atoms with Gasteiger partial charge in [0.05, 0.1) is 25.4 Å². The van der Waals surface area contributed by atoms with Gasteiger partial charge in [0.15, 0.2) is 6.04 Å². The summed E-state index contributed by atoms with van der Waals surface area (Å²) in [6.45, 7) is -0.523. The largest absolute Gasteiger partial charge is 0.467 e. The lowest BCUT2D eigenvalue weighted by molar-refractivity contribution is -0.143. The van der Waals surface area contributed by atoms with Crippen LogP contribution in [0.2, 0.25) is 0 Å². The van der Waals surface area contributed by atoms with E-state index in [1.165, 1.54) is 7.11 Å². The van der Waals surface area contributed by atoms with E-state index in [4.69, 9.17) is 5.11 Å². The lowest BCUT2D eigenvalue weighted by atomic mass is 10.1. The molecule has 1 heterocycles. The third-order valence-corrected chi connectivity index (χ3v) is 2.68. The lowest BCUT2D eigenvalue weighted by Gasteiger charge is -2.13. The SMILES string of the molecule is COC(=O)[C@H](CO)NC(=O)c1ccc2cn[nH]c2c1. The van der Waals surface area contributed by atoms with Crippen molar-refractivity contribution in [3.8, 4) is 0 Å². The van der Waals surface area contributed by atoms with Crippen LogP contribution in [0, 0.1) is 0 Å². The number of methoxy groups -OCH3 is 1. The number of aromatic amines is 1. The molecule has 100 valence electrons. The Hall–Kier alpha value is -2.41. The zero-order chi connectivity index (χ0) is 13.8. The molecule has 7 heteroatoms. The summed E-state index contributed by atoms with van der Waals surface area (Å²) in [5.41, 5.74) is 1.07. The van der Waals surface area contributed by atoms with E-state index in [-0.39, 0.29) is 0 Å². The molecule has 0 radical (unpaired) electrons. The van der Waals surface area contributed by atoms with E-state index in [0.717, 1.165) is 5.39 Å². The number of ether oxygens (including phenoxy) is 1. The molecule has 0 aliphatic carbocycles. The zero-order valence-corrected chi connectivity index (χ0v) is 10.2. The summed E-state index contributed by atoms with van der Waals surface area (Å²) in [6.07, 6.45) is 1.64. The molecule has 1 aromatic heterocycles. The Labute approximate surface area is 108 Å². The molecule has 0 saturated heterocycles. The molecule has 19 heavy (non-hydrogen) atoms. The molecule has 0 bridgehead atoms. The summed E-state index contributed by atoms with van der Waals surface area (Å²) in [5, 5.41) is 18.9. The molecular weight excluding hydrogens is 250 g/mol. The predicted octanol–water partition coefficient (Wildman–Crippen LogP) is -0.173. The Morgan fingerprint density at radius 1 is 1.53 bits per heavy atom. The standard InChI is InChI=1S/C12H13N3O4/c1-19-12(18)10(6-16)14-11(17)7-2-3-8-5-13-15-9(8)4-7/h2-5,10,16H,6H2,1H3,(H,13,15)(H,14,17)/t10-/m0/s1. The van der Waals surface area contributed by atoms with E-state index >= 15 is 0 Å². The third-order valence-electron chi connectivity index (χ3n) is 2.68. The number of carbonyl (C=O) groups is 2. The molecule has 1 aromatic carbocycles. The van der Waals surface area contributed by atoms with Crippen LogP contribution < -0.4 is 5.32 Å². The second kappa shape index (κ2) is 5.49. The lowest BCUT2D eigenvalue weighted by Crippen LogP contribution is -2.44. The number of aromatic nitrogens is 2. The maximum atomic E-state index is 11.9. The van der Waals surface area contributed by atoms with Crippen LogP contribution in [0.4, 0.5) is 0 Å². The first-order chi connectivity index (χ1) is 9.15. The predicted molar refractivity (Wildman–Crippen MR) is 66.4 cm³/mol. The van der Waals surface area contributed by atoms with E-state index in [1.54, 1.807) is 24.4 Å². The number of fused-ring (bicyclic) bond motifs is 1. The second-order valence-electron chi connectivity index (χ2n) is 3.90. The van der Waals surface area contributed by atoms with Crippen LogP contribution in [0.3, 0.4) is 0 Å². The number of carbonyl (C=O) groups excluding carboxylic acids is 2. The molecular formula is C12H13N3O4. The molecule has 0 aliphatic rings. The van der Waals surface area contributed by atoms with Crippen LogP contribution in [0.25, 0.3) is 10.9 Å². The average molecular weight is 263 g/mol. The van der Waals surface area contributed by atoms with Gasteiger partial charge < -0.3 is 15.2 Å². The van der Waals surface area contributed by atoms with Crippen LogP contribution in [-0.4, -0.2) is 46.9 Å². The van der Waals surface area contributed by atoms with E-state index in [1.807, 2.05) is 0 Å². The van der Waals surface area contributed by atoms with Gasteiger partial charge in [-0.3, -0.25) is 9.89 Å². The van der Waals surface area contributed by atoms with E-state index < -0.39 is 24.5 Å². The van der Waals surface area contributed by atoms with Gasteiger partial charge in [-0.15, -0.1) is 0 Å². The van der Waals surface area contributed by atoms with Crippen molar-refractivity contribution in [2.75, 3.05) is 13.7 Å². The zero-order valence-electron chi connectivity index (χ0n) is 10.2. The highest BCUT2D eigenvalue weighted by molar-refractivity contribution is 5.99. The Morgan fingerprint density at radius 2 is 2.32 bits per heavy atom. The van der Waals surface area contributed by atoms with Gasteiger partial charge in [-0.05, 0) is 12.1 Å². The number of rotatable bonds is 4. The topological polar surface area (TPSA) is 104 Å². The number of nitrogens with one attached hydrogen (secondary N) is 2. The highest BCUT2D eigenvalue weighted by Crippen LogP contribution is 2.12. The molecule has 0 unspecified atom stereocenters. The number of nitrogens with zero attached hydrogens (tertiary/aromatic N) is 1. The summed E-state index contributed by atoms with van der Waals surface area (Å²) in [7, 11) is 1.19. The molecule has 2 rings (SSSR count). The minimum Gasteiger partial charge on any atom is -0.467 e. The van der Waals surface area contributed by atoms with E-state index in [2.05, 4.69) is 20.3 Å². The first kappa shape index (κ1) is 13.0. The number of aliphatic hydroxyl groups excluding tert-OH is 1. The summed E-state index contributed by atoms with van der Waals surface area (Å²) < 4.78 is 4.47. The van der Waals surface area contributed by atoms with Gasteiger partial charge >= 0.3 is 5.97 Å². The van der Waals surface area contributed by atoms with Gasteiger partial charge in [0, 0.05) is 10.9 Å². The van der Waals surface area contributed by atoms with Crippen molar-refractivity contribution in [1.82, 2.24) is 15.5 Å². The molecule has 1 amide bonds. The Balaban J connectivity index is 2.16. The first-order valence-corrected chi connectivity index (χ1v) is 5.58. The minimum absolute atomic E-state index is 0.360. The maximum Gasteiger partial charge on any atom is 0.330 e. The van der Waals surface area contributed by atoms with E-state index in [0.29, 0.717) is 11.1 Å². The van der Waals surface area contributed by atoms with Crippen molar-refractivity contribution >= 4 is 22.8 Å². The van der Waals surface area contributed by atoms with Gasteiger partial charge in [0.1, 0.15) is 0 Å². The Morgan fingerprint density at radius 3 is 3.00 bits per heavy atom. The average Bonchev–Trinajstić information content (AvgIpc) is 2.90. The fourth-order valence-corrected chi connectivity index (χ4v) is 1.64. The van der Waals surface area contributed by atoms with Crippen LogP contribution in [-0.2, 0) is 9.53 Å². The van der Waals surface area contributed by atoms with Gasteiger partial charge in [0.2, 0.25) is 0 Å². The quantitative estimate of drug-likeness (QED) is 0.664. The number of esters is 1.